The molecule has 0 aromatic carbocycles. The van der Waals surface area contributed by atoms with Crippen LogP contribution < -0.4 is 5.32 Å². The van der Waals surface area contributed by atoms with Crippen molar-refractivity contribution in [1.29, 1.82) is 0 Å². The number of nitrogens with one attached hydrogen (secondary N) is 1. The average Bonchev–Trinajstić information content (AvgIpc) is 2.16. The van der Waals surface area contributed by atoms with Crippen molar-refractivity contribution in [3.8, 4) is 0 Å². The molecular formula is C12H27NO. The molecule has 1 N–H and O–H groups in total. The molecule has 0 rings (SSSR count). The Balaban J connectivity index is 3.60. The van der Waals surface area contributed by atoms with Gasteiger partial charge >= 0.3 is 0 Å². The number of rotatable bonds is 9. The summed E-state index contributed by atoms with van der Waals surface area (Å²) in [6.45, 7) is 11.6. The molecule has 0 aromatic rings. The molecule has 0 saturated heterocycles. The van der Waals surface area contributed by atoms with E-state index >= 15 is 0 Å². The summed E-state index contributed by atoms with van der Waals surface area (Å²) >= 11 is 0. The Hall–Kier alpha value is -0.0800. The van der Waals surface area contributed by atoms with Gasteiger partial charge in [0, 0.05) is 12.6 Å². The van der Waals surface area contributed by atoms with E-state index in [0.29, 0.717) is 6.04 Å². The normalized spacial score (nSPS) is 13.5. The van der Waals surface area contributed by atoms with Gasteiger partial charge in [-0.3, -0.25) is 0 Å². The maximum atomic E-state index is 5.46. The molecule has 0 spiro atoms. The second-order valence-corrected chi connectivity index (χ2v) is 4.28. The summed E-state index contributed by atoms with van der Waals surface area (Å²) in [4.78, 5) is 0. The zero-order valence-electron chi connectivity index (χ0n) is 10.3. The summed E-state index contributed by atoms with van der Waals surface area (Å²) in [5.74, 6) is 0.794. The lowest BCUT2D eigenvalue weighted by Gasteiger charge is -2.19. The molecule has 0 aliphatic carbocycles. The van der Waals surface area contributed by atoms with E-state index in [-0.39, 0.29) is 0 Å². The van der Waals surface area contributed by atoms with Crippen molar-refractivity contribution in [2.75, 3.05) is 19.8 Å². The van der Waals surface area contributed by atoms with Gasteiger partial charge in [-0.25, -0.2) is 0 Å². The highest BCUT2D eigenvalue weighted by Gasteiger charge is 2.08. The van der Waals surface area contributed by atoms with Crippen LogP contribution in [0, 0.1) is 5.92 Å². The molecule has 0 aliphatic heterocycles. The first-order valence-corrected chi connectivity index (χ1v) is 6.01. The first kappa shape index (κ1) is 13.9. The minimum Gasteiger partial charge on any atom is -0.380 e. The third-order valence-corrected chi connectivity index (χ3v) is 2.30. The van der Waals surface area contributed by atoms with Crippen molar-refractivity contribution in [3.05, 3.63) is 0 Å². The van der Waals surface area contributed by atoms with Gasteiger partial charge < -0.3 is 10.1 Å². The van der Waals surface area contributed by atoms with Crippen LogP contribution in [-0.4, -0.2) is 25.8 Å². The highest BCUT2D eigenvalue weighted by molar-refractivity contribution is 4.66. The van der Waals surface area contributed by atoms with Crippen LogP contribution in [0.25, 0.3) is 0 Å². The van der Waals surface area contributed by atoms with Crippen molar-refractivity contribution >= 4 is 0 Å². The Morgan fingerprint density at radius 2 is 1.86 bits per heavy atom. The highest BCUT2D eigenvalue weighted by Crippen LogP contribution is 2.07. The first-order chi connectivity index (χ1) is 6.70. The van der Waals surface area contributed by atoms with Crippen LogP contribution in [0.3, 0.4) is 0 Å². The van der Waals surface area contributed by atoms with Crippen molar-refractivity contribution in [2.45, 2.75) is 53.0 Å². The Labute approximate surface area is 89.4 Å². The van der Waals surface area contributed by atoms with E-state index in [1.54, 1.807) is 0 Å². The predicted molar refractivity (Wildman–Crippen MR) is 62.6 cm³/mol. The lowest BCUT2D eigenvalue weighted by Crippen LogP contribution is -2.34. The summed E-state index contributed by atoms with van der Waals surface area (Å²) < 4.78 is 5.46. The zero-order valence-corrected chi connectivity index (χ0v) is 10.3. The van der Waals surface area contributed by atoms with E-state index in [1.165, 1.54) is 19.3 Å². The highest BCUT2D eigenvalue weighted by atomic mass is 16.5. The second-order valence-electron chi connectivity index (χ2n) is 4.28. The molecule has 14 heavy (non-hydrogen) atoms. The third kappa shape index (κ3) is 8.52. The van der Waals surface area contributed by atoms with Crippen LogP contribution in [0.5, 0.6) is 0 Å². The van der Waals surface area contributed by atoms with Crippen LogP contribution in [-0.2, 0) is 4.74 Å². The average molecular weight is 201 g/mol. The van der Waals surface area contributed by atoms with E-state index in [2.05, 4.69) is 33.0 Å². The Kier molecular flexibility index (Phi) is 9.42. The van der Waals surface area contributed by atoms with Crippen LogP contribution in [0.1, 0.15) is 47.0 Å². The van der Waals surface area contributed by atoms with Gasteiger partial charge in [0.2, 0.25) is 0 Å². The largest absolute Gasteiger partial charge is 0.380 e. The fraction of sp³-hybridized carbons (Fsp3) is 1.00. The fourth-order valence-corrected chi connectivity index (χ4v) is 1.39. The SMILES string of the molecule is CCCNC(CCC(C)C)COCC. The molecule has 2 nitrogen and oxygen atoms in total. The standard InChI is InChI=1S/C12H27NO/c1-5-9-13-12(10-14-6-2)8-7-11(3)4/h11-13H,5-10H2,1-4H3. The lowest BCUT2D eigenvalue weighted by atomic mass is 10.0. The van der Waals surface area contributed by atoms with Crippen LogP contribution >= 0.6 is 0 Å². The zero-order chi connectivity index (χ0) is 10.8. The number of hydrogen-bond donors (Lipinski definition) is 1. The van der Waals surface area contributed by atoms with Gasteiger partial charge in [0.1, 0.15) is 0 Å². The molecule has 2 heteroatoms. The molecule has 0 saturated carbocycles. The minimum absolute atomic E-state index is 0.553. The van der Waals surface area contributed by atoms with Gasteiger partial charge in [-0.2, -0.15) is 0 Å². The number of hydrogen-bond acceptors (Lipinski definition) is 2. The molecule has 0 radical (unpaired) electrons. The summed E-state index contributed by atoms with van der Waals surface area (Å²) in [5, 5.41) is 3.53. The van der Waals surface area contributed by atoms with Gasteiger partial charge in [0.25, 0.3) is 0 Å². The summed E-state index contributed by atoms with van der Waals surface area (Å²) in [5.41, 5.74) is 0. The Morgan fingerprint density at radius 1 is 1.14 bits per heavy atom. The molecule has 1 atom stereocenters. The quantitative estimate of drug-likeness (QED) is 0.619. The predicted octanol–water partition coefficient (Wildman–Crippen LogP) is 2.83. The van der Waals surface area contributed by atoms with E-state index in [9.17, 15) is 0 Å². The van der Waals surface area contributed by atoms with Crippen molar-refractivity contribution in [2.24, 2.45) is 5.92 Å². The van der Waals surface area contributed by atoms with Crippen LogP contribution in [0.2, 0.25) is 0 Å². The maximum Gasteiger partial charge on any atom is 0.0619 e. The second kappa shape index (κ2) is 9.47. The smallest absolute Gasteiger partial charge is 0.0619 e. The van der Waals surface area contributed by atoms with Gasteiger partial charge in [0.05, 0.1) is 6.61 Å². The van der Waals surface area contributed by atoms with Crippen molar-refractivity contribution in [1.82, 2.24) is 5.32 Å². The summed E-state index contributed by atoms with van der Waals surface area (Å²) in [6, 6.07) is 0.553. The van der Waals surface area contributed by atoms with Gasteiger partial charge in [0.15, 0.2) is 0 Å². The van der Waals surface area contributed by atoms with Crippen LogP contribution in [0.4, 0.5) is 0 Å². The van der Waals surface area contributed by atoms with Crippen molar-refractivity contribution in [3.63, 3.8) is 0 Å². The molecule has 0 amide bonds. The Bertz CT molecular complexity index is 107. The van der Waals surface area contributed by atoms with E-state index in [1.807, 2.05) is 0 Å². The molecule has 0 aliphatic rings. The Morgan fingerprint density at radius 3 is 2.36 bits per heavy atom. The monoisotopic (exact) mass is 201 g/mol. The molecule has 0 heterocycles. The maximum absolute atomic E-state index is 5.46. The minimum atomic E-state index is 0.553. The molecular weight excluding hydrogens is 174 g/mol. The molecule has 86 valence electrons. The lowest BCUT2D eigenvalue weighted by molar-refractivity contribution is 0.118. The summed E-state index contributed by atoms with van der Waals surface area (Å²) in [6.07, 6.45) is 3.72. The van der Waals surface area contributed by atoms with Crippen LogP contribution in [0.15, 0.2) is 0 Å². The molecule has 1 unspecified atom stereocenters. The van der Waals surface area contributed by atoms with E-state index in [4.69, 9.17) is 4.74 Å². The van der Waals surface area contributed by atoms with E-state index < -0.39 is 0 Å². The summed E-state index contributed by atoms with van der Waals surface area (Å²) in [7, 11) is 0. The van der Waals surface area contributed by atoms with Gasteiger partial charge in [-0.05, 0) is 38.6 Å². The topological polar surface area (TPSA) is 21.3 Å². The van der Waals surface area contributed by atoms with Crippen molar-refractivity contribution < 1.29 is 4.74 Å². The molecule has 0 fully saturated rings. The van der Waals surface area contributed by atoms with E-state index in [0.717, 1.165) is 25.7 Å². The fourth-order valence-electron chi connectivity index (χ4n) is 1.39. The third-order valence-electron chi connectivity index (χ3n) is 2.30. The van der Waals surface area contributed by atoms with Gasteiger partial charge in [-0.15, -0.1) is 0 Å². The molecule has 0 aromatic heterocycles. The number of ether oxygens (including phenoxy) is 1. The first-order valence-electron chi connectivity index (χ1n) is 6.01. The van der Waals surface area contributed by atoms with Gasteiger partial charge in [-0.1, -0.05) is 20.8 Å². The molecule has 0 bridgehead atoms.